The Morgan fingerprint density at radius 2 is 2.25 bits per heavy atom. The number of aromatic nitrogens is 1. The van der Waals surface area contributed by atoms with Crippen LogP contribution in [0.2, 0.25) is 0 Å². The Kier molecular flexibility index (Phi) is 3.15. The fourth-order valence-electron chi connectivity index (χ4n) is 2.94. The maximum atomic E-state index is 5.64. The minimum Gasteiger partial charge on any atom is -0.444 e. The van der Waals surface area contributed by atoms with Gasteiger partial charge in [-0.15, -0.1) is 11.3 Å². The molecule has 2 saturated carbocycles. The molecule has 2 aromatic heterocycles. The zero-order valence-electron chi connectivity index (χ0n) is 11.8. The van der Waals surface area contributed by atoms with Gasteiger partial charge in [0.25, 0.3) is 0 Å². The van der Waals surface area contributed by atoms with Crippen LogP contribution in [0.1, 0.15) is 38.3 Å². The van der Waals surface area contributed by atoms with Crippen LogP contribution >= 0.6 is 11.3 Å². The highest BCUT2D eigenvalue weighted by Gasteiger charge is 2.39. The highest BCUT2D eigenvalue weighted by atomic mass is 32.1. The lowest BCUT2D eigenvalue weighted by atomic mass is 10.1. The topological polar surface area (TPSA) is 29.3 Å². The van der Waals surface area contributed by atoms with Gasteiger partial charge in [0.15, 0.2) is 0 Å². The molecule has 0 aliphatic heterocycles. The van der Waals surface area contributed by atoms with Gasteiger partial charge in [-0.1, -0.05) is 6.07 Å². The first kappa shape index (κ1) is 12.6. The van der Waals surface area contributed by atoms with Crippen LogP contribution in [0.5, 0.6) is 0 Å². The van der Waals surface area contributed by atoms with E-state index in [1.807, 2.05) is 12.3 Å². The van der Waals surface area contributed by atoms with Gasteiger partial charge in [0, 0.05) is 18.6 Å². The van der Waals surface area contributed by atoms with Crippen molar-refractivity contribution in [3.63, 3.8) is 0 Å². The number of hydrogen-bond donors (Lipinski definition) is 0. The van der Waals surface area contributed by atoms with Gasteiger partial charge in [0.2, 0.25) is 5.89 Å². The maximum Gasteiger partial charge on any atom is 0.236 e. The zero-order valence-corrected chi connectivity index (χ0v) is 12.6. The first-order valence-corrected chi connectivity index (χ1v) is 8.43. The summed E-state index contributed by atoms with van der Waals surface area (Å²) in [5, 5.41) is 2.06. The molecule has 2 aliphatic carbocycles. The Balaban J connectivity index is 1.49. The van der Waals surface area contributed by atoms with Crippen LogP contribution in [0.3, 0.4) is 0 Å². The monoisotopic (exact) mass is 288 g/mol. The molecule has 0 saturated heterocycles. The quantitative estimate of drug-likeness (QED) is 0.799. The van der Waals surface area contributed by atoms with Crippen LogP contribution in [-0.2, 0) is 6.54 Å². The van der Waals surface area contributed by atoms with Crippen LogP contribution < -0.4 is 0 Å². The van der Waals surface area contributed by atoms with Gasteiger partial charge in [0.1, 0.15) is 6.26 Å². The molecule has 4 rings (SSSR count). The van der Waals surface area contributed by atoms with Crippen LogP contribution in [-0.4, -0.2) is 22.0 Å². The number of thiophene rings is 1. The van der Waals surface area contributed by atoms with Gasteiger partial charge in [-0.25, -0.2) is 4.98 Å². The highest BCUT2D eigenvalue weighted by Crippen LogP contribution is 2.40. The lowest BCUT2D eigenvalue weighted by molar-refractivity contribution is 0.168. The van der Waals surface area contributed by atoms with E-state index in [0.717, 1.165) is 35.0 Å². The van der Waals surface area contributed by atoms with E-state index in [-0.39, 0.29) is 0 Å². The Morgan fingerprint density at radius 1 is 1.40 bits per heavy atom. The lowest BCUT2D eigenvalue weighted by Crippen LogP contribution is -2.36. The van der Waals surface area contributed by atoms with Crippen LogP contribution in [0.25, 0.3) is 10.8 Å². The molecule has 106 valence electrons. The van der Waals surface area contributed by atoms with E-state index in [0.29, 0.717) is 6.04 Å². The summed E-state index contributed by atoms with van der Waals surface area (Å²) in [5.41, 5.74) is 1.08. The SMILES string of the molecule is CC(C1CC1)N(Cc1coc(-c2cccs2)n1)C1CC1. The summed E-state index contributed by atoms with van der Waals surface area (Å²) in [6.07, 6.45) is 7.36. The molecular weight excluding hydrogens is 268 g/mol. The van der Waals surface area contributed by atoms with Crippen molar-refractivity contribution in [2.24, 2.45) is 5.92 Å². The maximum absolute atomic E-state index is 5.64. The summed E-state index contributed by atoms with van der Waals surface area (Å²) in [7, 11) is 0. The summed E-state index contributed by atoms with van der Waals surface area (Å²) in [4.78, 5) is 8.43. The van der Waals surface area contributed by atoms with E-state index in [1.165, 1.54) is 25.7 Å². The molecule has 0 aromatic carbocycles. The van der Waals surface area contributed by atoms with Crippen molar-refractivity contribution in [1.29, 1.82) is 0 Å². The fraction of sp³-hybridized carbons (Fsp3) is 0.562. The van der Waals surface area contributed by atoms with Gasteiger partial charge in [0.05, 0.1) is 10.6 Å². The fourth-order valence-corrected chi connectivity index (χ4v) is 3.60. The van der Waals surface area contributed by atoms with Crippen LogP contribution in [0, 0.1) is 5.92 Å². The molecule has 20 heavy (non-hydrogen) atoms. The molecule has 1 atom stereocenters. The van der Waals surface area contributed by atoms with Gasteiger partial charge in [-0.2, -0.15) is 0 Å². The molecule has 0 spiro atoms. The minimum absolute atomic E-state index is 0.699. The Bertz CT molecular complexity index is 569. The van der Waals surface area contributed by atoms with Crippen molar-refractivity contribution >= 4 is 11.3 Å². The third kappa shape index (κ3) is 2.54. The average molecular weight is 288 g/mol. The molecule has 1 unspecified atom stereocenters. The summed E-state index contributed by atoms with van der Waals surface area (Å²) < 4.78 is 5.64. The van der Waals surface area contributed by atoms with Gasteiger partial charge < -0.3 is 4.42 Å². The first-order valence-electron chi connectivity index (χ1n) is 7.55. The zero-order chi connectivity index (χ0) is 13.5. The van der Waals surface area contributed by atoms with E-state index in [1.54, 1.807) is 11.3 Å². The van der Waals surface area contributed by atoms with E-state index in [9.17, 15) is 0 Å². The number of rotatable bonds is 6. The molecule has 0 radical (unpaired) electrons. The summed E-state index contributed by atoms with van der Waals surface area (Å²) in [6.45, 7) is 3.33. The Labute approximate surface area is 123 Å². The number of oxazole rings is 1. The minimum atomic E-state index is 0.699. The van der Waals surface area contributed by atoms with Crippen molar-refractivity contribution in [3.05, 3.63) is 29.5 Å². The third-order valence-corrected chi connectivity index (χ3v) is 5.33. The van der Waals surface area contributed by atoms with Crippen molar-refractivity contribution in [2.45, 2.75) is 51.2 Å². The smallest absolute Gasteiger partial charge is 0.236 e. The Hall–Kier alpha value is -1.13. The molecule has 0 amide bonds. The molecule has 0 N–H and O–H groups in total. The molecular formula is C16H20N2OS. The van der Waals surface area contributed by atoms with E-state index in [2.05, 4.69) is 28.3 Å². The third-order valence-electron chi connectivity index (χ3n) is 4.47. The molecule has 2 fully saturated rings. The molecule has 4 heteroatoms. The lowest BCUT2D eigenvalue weighted by Gasteiger charge is -2.28. The van der Waals surface area contributed by atoms with Gasteiger partial charge in [-0.3, -0.25) is 4.90 Å². The van der Waals surface area contributed by atoms with Crippen molar-refractivity contribution in [1.82, 2.24) is 9.88 Å². The summed E-state index contributed by atoms with van der Waals surface area (Å²) in [5.74, 6) is 1.68. The van der Waals surface area contributed by atoms with Crippen LogP contribution in [0.4, 0.5) is 0 Å². The molecule has 3 nitrogen and oxygen atoms in total. The second-order valence-electron chi connectivity index (χ2n) is 6.10. The van der Waals surface area contributed by atoms with Crippen molar-refractivity contribution in [2.75, 3.05) is 0 Å². The van der Waals surface area contributed by atoms with Crippen molar-refractivity contribution in [3.8, 4) is 10.8 Å². The second kappa shape index (κ2) is 5.01. The van der Waals surface area contributed by atoms with Gasteiger partial charge >= 0.3 is 0 Å². The predicted octanol–water partition coefficient (Wildman–Crippen LogP) is 4.17. The second-order valence-corrected chi connectivity index (χ2v) is 7.05. The first-order chi connectivity index (χ1) is 9.81. The molecule has 2 aliphatic rings. The highest BCUT2D eigenvalue weighted by molar-refractivity contribution is 7.13. The van der Waals surface area contributed by atoms with E-state index >= 15 is 0 Å². The Morgan fingerprint density at radius 3 is 2.90 bits per heavy atom. The van der Waals surface area contributed by atoms with E-state index in [4.69, 9.17) is 4.42 Å². The molecule has 2 aromatic rings. The number of nitrogens with zero attached hydrogens (tertiary/aromatic N) is 2. The van der Waals surface area contributed by atoms with Gasteiger partial charge in [-0.05, 0) is 50.0 Å². The molecule has 2 heterocycles. The van der Waals surface area contributed by atoms with E-state index < -0.39 is 0 Å². The average Bonchev–Trinajstić information content (AvgIpc) is 3.37. The van der Waals surface area contributed by atoms with Crippen molar-refractivity contribution < 1.29 is 4.42 Å². The number of hydrogen-bond acceptors (Lipinski definition) is 4. The predicted molar refractivity (Wildman–Crippen MR) is 80.6 cm³/mol. The summed E-state index contributed by atoms with van der Waals surface area (Å²) >= 11 is 1.68. The van der Waals surface area contributed by atoms with Crippen LogP contribution in [0.15, 0.2) is 28.2 Å². The normalized spacial score (nSPS) is 20.5. The summed E-state index contributed by atoms with van der Waals surface area (Å²) in [6, 6.07) is 5.58. The standard InChI is InChI=1S/C16H20N2OS/c1-11(12-4-5-12)18(14-6-7-14)9-13-10-19-16(17-13)15-3-2-8-20-15/h2-3,8,10-12,14H,4-7,9H2,1H3. The molecule has 0 bridgehead atoms. The largest absolute Gasteiger partial charge is 0.444 e.